The number of phosphoric ester groups is 3. The van der Waals surface area contributed by atoms with Gasteiger partial charge in [0.05, 0.1) is 26.0 Å². The van der Waals surface area contributed by atoms with E-state index in [0.29, 0.717) is 6.42 Å². The van der Waals surface area contributed by atoms with Crippen LogP contribution in [0.2, 0.25) is 0 Å². The van der Waals surface area contributed by atoms with E-state index in [1.54, 1.807) is 0 Å². The van der Waals surface area contributed by atoms with Crippen molar-refractivity contribution in [2.75, 3.05) is 37.8 Å². The molecule has 1 saturated heterocycles. The van der Waals surface area contributed by atoms with Gasteiger partial charge in [0.25, 0.3) is 0 Å². The summed E-state index contributed by atoms with van der Waals surface area (Å²) in [5.74, 6) is -1.52. The molecule has 10 N–H and O–H groups in total. The molecule has 1 aliphatic rings. The van der Waals surface area contributed by atoms with Crippen LogP contribution in [-0.2, 0) is 55.5 Å². The zero-order chi connectivity index (χ0) is 46.3. The first-order valence-corrected chi connectivity index (χ1v) is 24.3. The number of aromatic nitrogens is 4. The van der Waals surface area contributed by atoms with Crippen molar-refractivity contribution in [1.29, 1.82) is 0 Å². The van der Waals surface area contributed by atoms with Gasteiger partial charge in [0.2, 0.25) is 11.8 Å². The minimum atomic E-state index is -5.59. The van der Waals surface area contributed by atoms with Crippen LogP contribution in [0, 0.1) is 5.41 Å². The van der Waals surface area contributed by atoms with Crippen LogP contribution in [0.1, 0.15) is 65.5 Å². The number of hydrogen-bond donors (Lipinski definition) is 9. The lowest BCUT2D eigenvalue weighted by Crippen LogP contribution is -2.46. The van der Waals surface area contributed by atoms with Crippen molar-refractivity contribution in [3.63, 3.8) is 0 Å². The number of ketones is 1. The van der Waals surface area contributed by atoms with Gasteiger partial charge in [-0.05, 0) is 19.3 Å². The van der Waals surface area contributed by atoms with Crippen LogP contribution in [0.3, 0.4) is 0 Å². The Morgan fingerprint density at radius 1 is 1.00 bits per heavy atom. The maximum Gasteiger partial charge on any atom is 0.481 e. The SMILES string of the molecule is CC/C=C\C/C=C\CCC(=O)CC(=O)SCCNC(=O)CCNC(=O)[C@H](O)C(C)(C)COP(=O)(O)OP(=O)(O)OC[C@H]1O[C@@H](n2cnc3c(N)ncnc32)[C@H](O)[C@@H]1OP(=O)(O)O. The van der Waals surface area contributed by atoms with E-state index in [4.69, 9.17) is 19.5 Å². The molecule has 2 amide bonds. The number of amides is 2. The number of thioether (sulfide) groups is 1. The van der Waals surface area contributed by atoms with E-state index in [1.807, 2.05) is 31.2 Å². The molecule has 2 unspecified atom stereocenters. The minimum Gasteiger partial charge on any atom is -0.386 e. The van der Waals surface area contributed by atoms with Gasteiger partial charge in [-0.2, -0.15) is 4.31 Å². The number of anilines is 1. The van der Waals surface area contributed by atoms with E-state index < -0.39 is 84.6 Å². The number of allylic oxidation sites excluding steroid dienone is 4. The number of ether oxygens (including phenoxy) is 1. The molecule has 1 fully saturated rings. The molecule has 62 heavy (non-hydrogen) atoms. The van der Waals surface area contributed by atoms with E-state index in [9.17, 15) is 62.7 Å². The van der Waals surface area contributed by atoms with Crippen molar-refractivity contribution >= 4 is 74.9 Å². The highest BCUT2D eigenvalue weighted by Gasteiger charge is 2.50. The Bertz CT molecular complexity index is 2070. The van der Waals surface area contributed by atoms with E-state index in [1.165, 1.54) is 13.8 Å². The number of nitrogens with one attached hydrogen (secondary N) is 2. The molecule has 2 aromatic rings. The number of Topliss-reactive ketones (excluding diaryl/α,β-unsaturated/α-hetero) is 1. The molecule has 348 valence electrons. The van der Waals surface area contributed by atoms with Gasteiger partial charge in [-0.1, -0.05) is 56.8 Å². The quantitative estimate of drug-likeness (QED) is 0.0264. The molecule has 0 bridgehead atoms. The van der Waals surface area contributed by atoms with Gasteiger partial charge in [0.15, 0.2) is 22.8 Å². The highest BCUT2D eigenvalue weighted by molar-refractivity contribution is 8.13. The smallest absolute Gasteiger partial charge is 0.386 e. The van der Waals surface area contributed by atoms with Crippen LogP contribution in [0.4, 0.5) is 5.82 Å². The number of aliphatic hydroxyl groups excluding tert-OH is 2. The summed E-state index contributed by atoms with van der Waals surface area (Å²) in [5, 5.41) is 26.0. The number of nitrogens with zero attached hydrogens (tertiary/aromatic N) is 4. The van der Waals surface area contributed by atoms with Crippen molar-refractivity contribution < 1.29 is 85.3 Å². The number of nitrogens with two attached hydrogens (primary N) is 1. The second-order valence-electron chi connectivity index (χ2n) is 14.1. The molecule has 0 radical (unpaired) electrons. The van der Waals surface area contributed by atoms with Crippen LogP contribution >= 0.6 is 35.2 Å². The van der Waals surface area contributed by atoms with E-state index in [0.717, 1.165) is 41.8 Å². The molecule has 3 rings (SSSR count). The van der Waals surface area contributed by atoms with Crippen molar-refractivity contribution in [2.45, 2.75) is 89.9 Å². The lowest BCUT2D eigenvalue weighted by molar-refractivity contribution is -0.137. The fourth-order valence-electron chi connectivity index (χ4n) is 5.40. The Kier molecular flexibility index (Phi) is 20.6. The predicted octanol–water partition coefficient (Wildman–Crippen LogP) is 1.32. The summed E-state index contributed by atoms with van der Waals surface area (Å²) in [6, 6.07) is 0. The highest BCUT2D eigenvalue weighted by Crippen LogP contribution is 2.61. The molecule has 0 aromatic carbocycles. The molecule has 0 spiro atoms. The van der Waals surface area contributed by atoms with E-state index in [-0.39, 0.29) is 66.0 Å². The molecule has 29 heteroatoms. The number of hydrogen-bond acceptors (Lipinski definition) is 19. The normalized spacial score (nSPS) is 20.9. The molecule has 2 aromatic heterocycles. The molecule has 1 aliphatic heterocycles. The maximum atomic E-state index is 12.7. The number of phosphoric acid groups is 3. The Morgan fingerprint density at radius 3 is 2.39 bits per heavy atom. The van der Waals surface area contributed by atoms with Gasteiger partial charge >= 0.3 is 23.5 Å². The van der Waals surface area contributed by atoms with Crippen molar-refractivity contribution in [3.8, 4) is 0 Å². The zero-order valence-corrected chi connectivity index (χ0v) is 37.3. The maximum absolute atomic E-state index is 12.7. The summed E-state index contributed by atoms with van der Waals surface area (Å²) in [6.07, 6.45) is 3.17. The second-order valence-corrected chi connectivity index (χ2v) is 19.5. The third-order valence-electron chi connectivity index (χ3n) is 8.54. The number of nitrogen functional groups attached to an aromatic ring is 1. The van der Waals surface area contributed by atoms with Crippen molar-refractivity contribution in [1.82, 2.24) is 30.2 Å². The van der Waals surface area contributed by atoms with Crippen LogP contribution in [0.15, 0.2) is 37.0 Å². The Balaban J connectivity index is 1.40. The standard InChI is InChI=1S/C33H52N7O18P3S/c1-4-5-6-7-8-9-10-11-21(41)16-24(43)62-15-14-35-23(42)12-13-36-31(46)28(45)33(2,3)18-55-61(52,53)58-60(50,51)54-17-22-27(57-59(47,48)49)26(44)32(56-22)40-20-39-25-29(34)37-19-38-30(25)40/h5-6,8-9,19-20,22,26-28,32,44-45H,4,7,10-18H2,1-3H3,(H,35,42)(H,36,46)(H,50,51)(H,52,53)(H2,34,37,38)(H2,47,48,49)/b6-5-,9-8-/t22-,26-,27-,28+,32-/m1/s1. The predicted molar refractivity (Wildman–Crippen MR) is 219 cm³/mol. The average Bonchev–Trinajstić information content (AvgIpc) is 3.74. The second kappa shape index (κ2) is 24.1. The summed E-state index contributed by atoms with van der Waals surface area (Å²) >= 11 is 0.903. The monoisotopic (exact) mass is 959 g/mol. The number of rotatable bonds is 27. The Hall–Kier alpha value is -3.29. The first-order valence-electron chi connectivity index (χ1n) is 18.8. The number of carbonyl (C=O) groups is 4. The van der Waals surface area contributed by atoms with Gasteiger partial charge in [-0.15, -0.1) is 0 Å². The van der Waals surface area contributed by atoms with Crippen LogP contribution in [0.25, 0.3) is 11.2 Å². The highest BCUT2D eigenvalue weighted by atomic mass is 32.2. The molecular formula is C33H52N7O18P3S. The average molecular weight is 960 g/mol. The first kappa shape index (κ1) is 53.1. The fourth-order valence-corrected chi connectivity index (χ4v) is 8.92. The minimum absolute atomic E-state index is 0.0236. The molecule has 0 saturated carbocycles. The Labute approximate surface area is 359 Å². The van der Waals surface area contributed by atoms with Gasteiger partial charge in [-0.3, -0.25) is 37.3 Å². The van der Waals surface area contributed by atoms with Crippen LogP contribution < -0.4 is 16.4 Å². The fraction of sp³-hybridized carbons (Fsp3) is 0.606. The van der Waals surface area contributed by atoms with Crippen molar-refractivity contribution in [2.24, 2.45) is 5.41 Å². The molecule has 3 heterocycles. The molecular weight excluding hydrogens is 907 g/mol. The van der Waals surface area contributed by atoms with Crippen LogP contribution in [-0.4, -0.2) is 128 Å². The van der Waals surface area contributed by atoms with E-state index in [2.05, 4.69) is 34.4 Å². The number of aliphatic hydroxyl groups is 2. The lowest BCUT2D eigenvalue weighted by atomic mass is 9.87. The summed E-state index contributed by atoms with van der Waals surface area (Å²) in [7, 11) is -16.4. The first-order chi connectivity index (χ1) is 28.9. The number of carbonyl (C=O) groups excluding carboxylic acids is 4. The number of fused-ring (bicyclic) bond motifs is 1. The summed E-state index contributed by atoms with van der Waals surface area (Å²) < 4.78 is 62.2. The third kappa shape index (κ3) is 17.7. The molecule has 7 atom stereocenters. The van der Waals surface area contributed by atoms with Gasteiger partial charge in [0.1, 0.15) is 42.0 Å². The number of imidazole rings is 1. The van der Waals surface area contributed by atoms with E-state index >= 15 is 0 Å². The van der Waals surface area contributed by atoms with Gasteiger partial charge in [-0.25, -0.2) is 28.6 Å². The zero-order valence-electron chi connectivity index (χ0n) is 33.8. The largest absolute Gasteiger partial charge is 0.481 e. The van der Waals surface area contributed by atoms with Crippen molar-refractivity contribution in [3.05, 3.63) is 37.0 Å². The van der Waals surface area contributed by atoms with Gasteiger partial charge in [0, 0.05) is 37.1 Å². The van der Waals surface area contributed by atoms with Gasteiger partial charge < -0.3 is 50.9 Å². The summed E-state index contributed by atoms with van der Waals surface area (Å²) in [4.78, 5) is 99.9. The summed E-state index contributed by atoms with van der Waals surface area (Å²) in [5.41, 5.74) is 4.23. The van der Waals surface area contributed by atoms with Crippen LogP contribution in [0.5, 0.6) is 0 Å². The topological polar surface area (TPSA) is 381 Å². The lowest BCUT2D eigenvalue weighted by Gasteiger charge is -2.30. The molecule has 0 aliphatic carbocycles. The summed E-state index contributed by atoms with van der Waals surface area (Å²) in [6.45, 7) is 2.32. The Morgan fingerprint density at radius 2 is 1.69 bits per heavy atom. The molecule has 25 nitrogen and oxygen atoms in total. The third-order valence-corrected chi connectivity index (χ3v) is 12.5.